The molecule has 1 aromatic rings. The molecule has 0 radical (unpaired) electrons. The van der Waals surface area contributed by atoms with Crippen molar-refractivity contribution in [2.24, 2.45) is 0 Å². The lowest BCUT2D eigenvalue weighted by molar-refractivity contribution is -0.120. The lowest BCUT2D eigenvalue weighted by Gasteiger charge is -2.26. The molecular formula is C10H8BrFN2O2. The summed E-state index contributed by atoms with van der Waals surface area (Å²) in [6.45, 7) is 0.270. The van der Waals surface area contributed by atoms with Crippen molar-refractivity contribution >= 4 is 33.6 Å². The highest BCUT2D eigenvalue weighted by Gasteiger charge is 2.24. The topological polar surface area (TPSA) is 49.4 Å². The Morgan fingerprint density at radius 1 is 1.38 bits per heavy atom. The van der Waals surface area contributed by atoms with Crippen molar-refractivity contribution in [3.8, 4) is 0 Å². The van der Waals surface area contributed by atoms with Gasteiger partial charge in [0.2, 0.25) is 5.91 Å². The molecule has 3 amide bonds. The molecule has 1 aromatic carbocycles. The number of anilines is 1. The summed E-state index contributed by atoms with van der Waals surface area (Å²) in [7, 11) is 0. The maximum Gasteiger partial charge on any atom is 0.328 e. The number of carbonyl (C=O) groups excluding carboxylic acids is 2. The summed E-state index contributed by atoms with van der Waals surface area (Å²) in [6, 6.07) is 3.87. The third kappa shape index (κ3) is 2.06. The van der Waals surface area contributed by atoms with E-state index in [-0.39, 0.29) is 18.9 Å². The molecule has 0 unspecified atom stereocenters. The van der Waals surface area contributed by atoms with Gasteiger partial charge in [0.1, 0.15) is 5.82 Å². The van der Waals surface area contributed by atoms with Crippen LogP contribution < -0.4 is 10.2 Å². The molecule has 16 heavy (non-hydrogen) atoms. The Balaban J connectivity index is 2.27. The Hall–Kier alpha value is -1.43. The van der Waals surface area contributed by atoms with Crippen molar-refractivity contribution in [2.45, 2.75) is 6.42 Å². The second-order valence-electron chi connectivity index (χ2n) is 3.35. The molecule has 2 rings (SSSR count). The molecule has 6 heteroatoms. The number of hydrogen-bond acceptors (Lipinski definition) is 2. The molecule has 0 saturated carbocycles. The molecule has 84 valence electrons. The van der Waals surface area contributed by atoms with Crippen LogP contribution in [0.3, 0.4) is 0 Å². The van der Waals surface area contributed by atoms with Gasteiger partial charge in [-0.05, 0) is 34.1 Å². The standard InChI is InChI=1S/C10H8BrFN2O2/c11-7-2-1-6(5-8(7)12)14-4-3-9(15)13-10(14)16/h1-2,5H,3-4H2,(H,13,15,16). The van der Waals surface area contributed by atoms with Crippen LogP contribution in [0.1, 0.15) is 6.42 Å². The lowest BCUT2D eigenvalue weighted by Crippen LogP contribution is -2.49. The summed E-state index contributed by atoms with van der Waals surface area (Å²) in [5.74, 6) is -0.749. The minimum absolute atomic E-state index is 0.226. The van der Waals surface area contributed by atoms with E-state index in [2.05, 4.69) is 21.2 Å². The number of carbonyl (C=O) groups is 2. The molecule has 1 aliphatic rings. The Bertz CT molecular complexity index is 464. The highest BCUT2D eigenvalue weighted by Crippen LogP contribution is 2.23. The summed E-state index contributed by atoms with van der Waals surface area (Å²) in [5, 5.41) is 2.18. The molecule has 0 bridgehead atoms. The van der Waals surface area contributed by atoms with Crippen LogP contribution >= 0.6 is 15.9 Å². The van der Waals surface area contributed by atoms with Gasteiger partial charge in [-0.1, -0.05) is 0 Å². The van der Waals surface area contributed by atoms with E-state index in [4.69, 9.17) is 0 Å². The SMILES string of the molecule is O=C1CCN(c2ccc(Br)c(F)c2)C(=O)N1. The van der Waals surface area contributed by atoms with Gasteiger partial charge in [0, 0.05) is 18.7 Å². The predicted molar refractivity (Wildman–Crippen MR) is 59.6 cm³/mol. The van der Waals surface area contributed by atoms with E-state index in [1.165, 1.54) is 17.0 Å². The number of urea groups is 1. The van der Waals surface area contributed by atoms with Crippen molar-refractivity contribution < 1.29 is 14.0 Å². The summed E-state index contributed by atoms with van der Waals surface area (Å²) in [6.07, 6.45) is 0.226. The fourth-order valence-corrected chi connectivity index (χ4v) is 1.71. The minimum Gasteiger partial charge on any atom is -0.294 e. The predicted octanol–water partition coefficient (Wildman–Crippen LogP) is 2.03. The number of benzene rings is 1. The van der Waals surface area contributed by atoms with Crippen molar-refractivity contribution in [3.63, 3.8) is 0 Å². The highest BCUT2D eigenvalue weighted by molar-refractivity contribution is 9.10. The van der Waals surface area contributed by atoms with Gasteiger partial charge >= 0.3 is 6.03 Å². The molecule has 0 aromatic heterocycles. The zero-order valence-corrected chi connectivity index (χ0v) is 9.75. The maximum atomic E-state index is 13.3. The van der Waals surface area contributed by atoms with Crippen LogP contribution in [-0.4, -0.2) is 18.5 Å². The Kier molecular flexibility index (Phi) is 2.91. The summed E-state index contributed by atoms with van der Waals surface area (Å²) in [5.41, 5.74) is 0.436. The van der Waals surface area contributed by atoms with Crippen molar-refractivity contribution in [1.82, 2.24) is 5.32 Å². The molecule has 0 atom stereocenters. The molecule has 1 heterocycles. The number of rotatable bonds is 1. The van der Waals surface area contributed by atoms with Crippen molar-refractivity contribution in [1.29, 1.82) is 0 Å². The van der Waals surface area contributed by atoms with E-state index >= 15 is 0 Å². The number of imide groups is 1. The van der Waals surface area contributed by atoms with Gasteiger partial charge < -0.3 is 0 Å². The van der Waals surface area contributed by atoms with Gasteiger partial charge in [-0.15, -0.1) is 0 Å². The molecule has 4 nitrogen and oxygen atoms in total. The largest absolute Gasteiger partial charge is 0.328 e. The number of halogens is 2. The van der Waals surface area contributed by atoms with E-state index in [0.717, 1.165) is 0 Å². The molecule has 1 aliphatic heterocycles. The molecule has 1 N–H and O–H groups in total. The fourth-order valence-electron chi connectivity index (χ4n) is 1.46. The Morgan fingerprint density at radius 2 is 2.12 bits per heavy atom. The second kappa shape index (κ2) is 4.21. The second-order valence-corrected chi connectivity index (χ2v) is 4.21. The summed E-state index contributed by atoms with van der Waals surface area (Å²) >= 11 is 3.03. The van der Waals surface area contributed by atoms with Gasteiger partial charge in [-0.3, -0.25) is 15.0 Å². The van der Waals surface area contributed by atoms with E-state index in [1.807, 2.05) is 0 Å². The zero-order chi connectivity index (χ0) is 11.7. The smallest absolute Gasteiger partial charge is 0.294 e. The first kappa shape index (κ1) is 11.1. The van der Waals surface area contributed by atoms with Crippen LogP contribution in [0.15, 0.2) is 22.7 Å². The van der Waals surface area contributed by atoms with Gasteiger partial charge in [0.05, 0.1) is 4.47 Å². The molecule has 0 aliphatic carbocycles. The highest BCUT2D eigenvalue weighted by atomic mass is 79.9. The third-order valence-electron chi connectivity index (χ3n) is 2.27. The minimum atomic E-state index is -0.516. The number of amides is 3. The Morgan fingerprint density at radius 3 is 2.75 bits per heavy atom. The van der Waals surface area contributed by atoms with Crippen molar-refractivity contribution in [3.05, 3.63) is 28.5 Å². The normalized spacial score (nSPS) is 16.2. The molecule has 0 spiro atoms. The summed E-state index contributed by atoms with van der Waals surface area (Å²) in [4.78, 5) is 23.7. The fraction of sp³-hybridized carbons (Fsp3) is 0.200. The van der Waals surface area contributed by atoms with Crippen LogP contribution in [0.2, 0.25) is 0 Å². The van der Waals surface area contributed by atoms with Crippen molar-refractivity contribution in [2.75, 3.05) is 11.4 Å². The third-order valence-corrected chi connectivity index (χ3v) is 2.91. The molecular weight excluding hydrogens is 279 g/mol. The average molecular weight is 287 g/mol. The number of nitrogens with zero attached hydrogens (tertiary/aromatic N) is 1. The van der Waals surface area contributed by atoms with Crippen LogP contribution in [0.4, 0.5) is 14.9 Å². The van der Waals surface area contributed by atoms with Crippen LogP contribution in [-0.2, 0) is 4.79 Å². The summed E-state index contributed by atoms with van der Waals surface area (Å²) < 4.78 is 13.6. The van der Waals surface area contributed by atoms with Gasteiger partial charge in [0.25, 0.3) is 0 Å². The number of hydrogen-bond donors (Lipinski definition) is 1. The Labute approximate surface area is 99.6 Å². The average Bonchev–Trinajstić information content (AvgIpc) is 2.22. The first-order valence-corrected chi connectivity index (χ1v) is 5.43. The first-order chi connectivity index (χ1) is 7.58. The lowest BCUT2D eigenvalue weighted by atomic mass is 10.2. The van der Waals surface area contributed by atoms with Crippen LogP contribution in [0, 0.1) is 5.82 Å². The first-order valence-electron chi connectivity index (χ1n) is 4.64. The van der Waals surface area contributed by atoms with Crippen LogP contribution in [0.5, 0.6) is 0 Å². The quantitative estimate of drug-likeness (QED) is 0.859. The monoisotopic (exact) mass is 286 g/mol. The van der Waals surface area contributed by atoms with Crippen LogP contribution in [0.25, 0.3) is 0 Å². The maximum absolute atomic E-state index is 13.3. The van der Waals surface area contributed by atoms with E-state index in [1.54, 1.807) is 6.07 Å². The van der Waals surface area contributed by atoms with E-state index in [0.29, 0.717) is 10.2 Å². The molecule has 1 fully saturated rings. The number of nitrogens with one attached hydrogen (secondary N) is 1. The zero-order valence-electron chi connectivity index (χ0n) is 8.17. The van der Waals surface area contributed by atoms with Gasteiger partial charge in [0.15, 0.2) is 0 Å². The van der Waals surface area contributed by atoms with Gasteiger partial charge in [-0.25, -0.2) is 9.18 Å². The van der Waals surface area contributed by atoms with E-state index in [9.17, 15) is 14.0 Å². The van der Waals surface area contributed by atoms with Gasteiger partial charge in [-0.2, -0.15) is 0 Å². The molecule has 1 saturated heterocycles. The van der Waals surface area contributed by atoms with E-state index < -0.39 is 11.8 Å².